The second-order valence-corrected chi connectivity index (χ2v) is 5.02. The van der Waals surface area contributed by atoms with Gasteiger partial charge < -0.3 is 10.5 Å². The van der Waals surface area contributed by atoms with Crippen molar-refractivity contribution in [2.75, 3.05) is 0 Å². The second kappa shape index (κ2) is 5.80. The summed E-state index contributed by atoms with van der Waals surface area (Å²) in [5, 5.41) is 0.147. The Hall–Kier alpha value is -0.640. The Morgan fingerprint density at radius 2 is 2.24 bits per heavy atom. The van der Waals surface area contributed by atoms with Crippen LogP contribution in [0.2, 0.25) is 5.02 Å². The minimum atomic E-state index is -0.395. The Labute approximate surface area is 106 Å². The third-order valence-corrected chi connectivity index (χ3v) is 3.44. The minimum absolute atomic E-state index is 0.147. The zero-order valence-corrected chi connectivity index (χ0v) is 10.4. The monoisotopic (exact) mass is 257 g/mol. The molecule has 0 saturated heterocycles. The van der Waals surface area contributed by atoms with Gasteiger partial charge in [0.2, 0.25) is 0 Å². The van der Waals surface area contributed by atoms with Gasteiger partial charge in [0.05, 0.1) is 17.7 Å². The molecule has 2 rings (SSSR count). The van der Waals surface area contributed by atoms with E-state index in [9.17, 15) is 4.39 Å². The second-order valence-electron chi connectivity index (χ2n) is 4.61. The van der Waals surface area contributed by atoms with Gasteiger partial charge in [0.25, 0.3) is 0 Å². The van der Waals surface area contributed by atoms with Crippen molar-refractivity contribution < 1.29 is 9.13 Å². The van der Waals surface area contributed by atoms with Crippen molar-refractivity contribution in [1.29, 1.82) is 0 Å². The van der Waals surface area contributed by atoms with Crippen molar-refractivity contribution in [2.45, 2.75) is 44.4 Å². The topological polar surface area (TPSA) is 35.2 Å². The quantitative estimate of drug-likeness (QED) is 0.902. The number of nitrogens with two attached hydrogens (primary N) is 1. The van der Waals surface area contributed by atoms with Crippen molar-refractivity contribution in [3.05, 3.63) is 34.6 Å². The van der Waals surface area contributed by atoms with Crippen molar-refractivity contribution in [3.8, 4) is 0 Å². The van der Waals surface area contributed by atoms with Crippen LogP contribution < -0.4 is 5.73 Å². The molecule has 4 heteroatoms. The van der Waals surface area contributed by atoms with Gasteiger partial charge in [0.15, 0.2) is 0 Å². The highest BCUT2D eigenvalue weighted by Crippen LogP contribution is 2.22. The van der Waals surface area contributed by atoms with Gasteiger partial charge in [-0.05, 0) is 43.4 Å². The highest BCUT2D eigenvalue weighted by molar-refractivity contribution is 6.30. The molecule has 0 amide bonds. The van der Waals surface area contributed by atoms with E-state index in [0.29, 0.717) is 6.61 Å². The van der Waals surface area contributed by atoms with Crippen LogP contribution in [0.1, 0.15) is 31.2 Å². The van der Waals surface area contributed by atoms with E-state index >= 15 is 0 Å². The third-order valence-electron chi connectivity index (χ3n) is 3.14. The van der Waals surface area contributed by atoms with E-state index in [4.69, 9.17) is 22.1 Å². The highest BCUT2D eigenvalue weighted by atomic mass is 35.5. The smallest absolute Gasteiger partial charge is 0.142 e. The van der Waals surface area contributed by atoms with Crippen LogP contribution in [0.15, 0.2) is 18.2 Å². The number of rotatable bonds is 3. The summed E-state index contributed by atoms with van der Waals surface area (Å²) in [6.45, 7) is 0.422. The molecular weight excluding hydrogens is 241 g/mol. The number of ether oxygens (including phenoxy) is 1. The summed E-state index contributed by atoms with van der Waals surface area (Å²) < 4.78 is 18.9. The fourth-order valence-corrected chi connectivity index (χ4v) is 2.29. The van der Waals surface area contributed by atoms with E-state index < -0.39 is 5.82 Å². The fourth-order valence-electron chi connectivity index (χ4n) is 2.18. The molecule has 2 nitrogen and oxygen atoms in total. The predicted molar refractivity (Wildman–Crippen MR) is 66.4 cm³/mol. The van der Waals surface area contributed by atoms with Crippen LogP contribution in [0.4, 0.5) is 4.39 Å². The maximum atomic E-state index is 13.2. The van der Waals surface area contributed by atoms with Crippen LogP contribution in [0.3, 0.4) is 0 Å². The zero-order chi connectivity index (χ0) is 12.3. The summed E-state index contributed by atoms with van der Waals surface area (Å²) in [4.78, 5) is 0. The maximum absolute atomic E-state index is 13.2. The first-order chi connectivity index (χ1) is 8.15. The summed E-state index contributed by atoms with van der Waals surface area (Å²) in [5.41, 5.74) is 6.69. The molecule has 2 N–H and O–H groups in total. The van der Waals surface area contributed by atoms with E-state index in [2.05, 4.69) is 0 Å². The number of hydrogen-bond donors (Lipinski definition) is 1. The molecule has 1 aliphatic rings. The predicted octanol–water partition coefficient (Wildman–Crippen LogP) is 3.27. The summed E-state index contributed by atoms with van der Waals surface area (Å²) in [6, 6.07) is 5.01. The van der Waals surface area contributed by atoms with E-state index in [0.717, 1.165) is 31.2 Å². The van der Waals surface area contributed by atoms with E-state index in [1.807, 2.05) is 0 Å². The lowest BCUT2D eigenvalue weighted by molar-refractivity contribution is 0.0121. The molecule has 0 radical (unpaired) electrons. The molecule has 2 atom stereocenters. The SMILES string of the molecule is NC1CCCC(OCc2ccc(Cl)c(F)c2)C1. The first-order valence-corrected chi connectivity index (χ1v) is 6.34. The minimum Gasteiger partial charge on any atom is -0.373 e. The first kappa shape index (κ1) is 12.8. The van der Waals surface area contributed by atoms with Crippen LogP contribution in [0, 0.1) is 5.82 Å². The Morgan fingerprint density at radius 3 is 2.94 bits per heavy atom. The summed E-state index contributed by atoms with van der Waals surface area (Å²) >= 11 is 5.62. The molecule has 1 saturated carbocycles. The van der Waals surface area contributed by atoms with Crippen molar-refractivity contribution in [3.63, 3.8) is 0 Å². The molecule has 17 heavy (non-hydrogen) atoms. The van der Waals surface area contributed by atoms with Gasteiger partial charge in [-0.1, -0.05) is 17.7 Å². The van der Waals surface area contributed by atoms with Crippen LogP contribution in [0.25, 0.3) is 0 Å². The Bertz CT molecular complexity index is 386. The summed E-state index contributed by atoms with van der Waals surface area (Å²) in [5.74, 6) is -0.395. The van der Waals surface area contributed by atoms with E-state index in [1.54, 1.807) is 12.1 Å². The van der Waals surface area contributed by atoms with Crippen LogP contribution in [0.5, 0.6) is 0 Å². The molecule has 0 heterocycles. The fraction of sp³-hybridized carbons (Fsp3) is 0.538. The van der Waals surface area contributed by atoms with Crippen molar-refractivity contribution >= 4 is 11.6 Å². The molecular formula is C13H17ClFNO. The summed E-state index contributed by atoms with van der Waals surface area (Å²) in [6.07, 6.45) is 4.34. The molecule has 1 aromatic rings. The number of hydrogen-bond acceptors (Lipinski definition) is 2. The molecule has 1 aliphatic carbocycles. The van der Waals surface area contributed by atoms with Gasteiger partial charge in [-0.3, -0.25) is 0 Å². The molecule has 1 aromatic carbocycles. The Morgan fingerprint density at radius 1 is 1.41 bits per heavy atom. The first-order valence-electron chi connectivity index (χ1n) is 5.96. The Kier molecular flexibility index (Phi) is 4.37. The van der Waals surface area contributed by atoms with Gasteiger partial charge in [-0.2, -0.15) is 0 Å². The molecule has 0 aliphatic heterocycles. The molecule has 94 valence electrons. The maximum Gasteiger partial charge on any atom is 0.142 e. The average Bonchev–Trinajstić information content (AvgIpc) is 2.31. The molecule has 2 unspecified atom stereocenters. The van der Waals surface area contributed by atoms with Gasteiger partial charge in [-0.25, -0.2) is 4.39 Å². The van der Waals surface area contributed by atoms with Crippen LogP contribution in [-0.2, 0) is 11.3 Å². The van der Waals surface area contributed by atoms with Crippen LogP contribution >= 0.6 is 11.6 Å². The van der Waals surface area contributed by atoms with Gasteiger partial charge in [-0.15, -0.1) is 0 Å². The number of halogens is 2. The van der Waals surface area contributed by atoms with Gasteiger partial charge >= 0.3 is 0 Å². The van der Waals surface area contributed by atoms with Crippen molar-refractivity contribution in [2.24, 2.45) is 5.73 Å². The average molecular weight is 258 g/mol. The van der Waals surface area contributed by atoms with Gasteiger partial charge in [0, 0.05) is 6.04 Å². The molecule has 0 bridgehead atoms. The lowest BCUT2D eigenvalue weighted by Crippen LogP contribution is -2.32. The molecule has 0 spiro atoms. The summed E-state index contributed by atoms with van der Waals surface area (Å²) in [7, 11) is 0. The van der Waals surface area contributed by atoms with E-state index in [-0.39, 0.29) is 17.2 Å². The lowest BCUT2D eigenvalue weighted by atomic mass is 9.93. The highest BCUT2D eigenvalue weighted by Gasteiger charge is 2.19. The number of benzene rings is 1. The lowest BCUT2D eigenvalue weighted by Gasteiger charge is -2.26. The standard InChI is InChI=1S/C13H17ClFNO/c14-12-5-4-9(6-13(12)15)8-17-11-3-1-2-10(16)7-11/h4-6,10-11H,1-3,7-8,16H2. The molecule has 0 aromatic heterocycles. The largest absolute Gasteiger partial charge is 0.373 e. The van der Waals surface area contributed by atoms with E-state index in [1.165, 1.54) is 6.07 Å². The zero-order valence-electron chi connectivity index (χ0n) is 9.66. The molecule has 1 fully saturated rings. The Balaban J connectivity index is 1.86. The van der Waals surface area contributed by atoms with Crippen LogP contribution in [-0.4, -0.2) is 12.1 Å². The van der Waals surface area contributed by atoms with Crippen molar-refractivity contribution in [1.82, 2.24) is 0 Å². The third kappa shape index (κ3) is 3.66. The van der Waals surface area contributed by atoms with Gasteiger partial charge in [0.1, 0.15) is 5.82 Å². The normalized spacial score (nSPS) is 24.9.